The molecule has 1 atom stereocenters. The molecule has 0 amide bonds. The molecule has 0 N–H and O–H groups in total. The largest absolute Gasteiger partial charge is 0.339 e. The van der Waals surface area contributed by atoms with Gasteiger partial charge in [0.25, 0.3) is 0 Å². The highest BCUT2D eigenvalue weighted by Gasteiger charge is 2.32. The third kappa shape index (κ3) is 0.631. The first-order chi connectivity index (χ1) is 5.86. The van der Waals surface area contributed by atoms with Gasteiger partial charge in [0.2, 0.25) is 0 Å². The molecule has 0 aromatic carbocycles. The number of rotatable bonds is 0. The standard InChI is InChI=1S/C10H11NO/c12-10-6-8-3-1-2-7-4-5-9(10)11(7)8/h4-5,8H,1-3,6H2. The lowest BCUT2D eigenvalue weighted by molar-refractivity contribution is 0.0987. The van der Waals surface area contributed by atoms with Gasteiger partial charge in [-0.3, -0.25) is 4.79 Å². The van der Waals surface area contributed by atoms with E-state index in [0.29, 0.717) is 11.8 Å². The molecule has 3 rings (SSSR count). The monoisotopic (exact) mass is 161 g/mol. The van der Waals surface area contributed by atoms with Crippen LogP contribution in [0, 0.1) is 0 Å². The molecule has 0 aliphatic carbocycles. The predicted octanol–water partition coefficient (Wildman–Crippen LogP) is 1.95. The van der Waals surface area contributed by atoms with Crippen molar-refractivity contribution in [1.82, 2.24) is 4.57 Å². The molecule has 1 aromatic rings. The number of Topliss-reactive ketones (excluding diaryl/α,β-unsaturated/α-hetero) is 1. The minimum atomic E-state index is 0.341. The Bertz CT molecular complexity index is 351. The van der Waals surface area contributed by atoms with E-state index in [-0.39, 0.29) is 0 Å². The summed E-state index contributed by atoms with van der Waals surface area (Å²) in [5.74, 6) is 0.341. The van der Waals surface area contributed by atoms with Crippen molar-refractivity contribution >= 4 is 5.78 Å². The second kappa shape index (κ2) is 2.00. The summed E-state index contributed by atoms with van der Waals surface area (Å²) < 4.78 is 2.26. The summed E-state index contributed by atoms with van der Waals surface area (Å²) in [5.41, 5.74) is 2.32. The predicted molar refractivity (Wildman–Crippen MR) is 45.4 cm³/mol. The van der Waals surface area contributed by atoms with Crippen LogP contribution in [0.3, 0.4) is 0 Å². The van der Waals surface area contributed by atoms with Crippen LogP contribution < -0.4 is 0 Å². The van der Waals surface area contributed by atoms with Gasteiger partial charge in [0.1, 0.15) is 0 Å². The van der Waals surface area contributed by atoms with Gasteiger partial charge in [-0.1, -0.05) is 0 Å². The van der Waals surface area contributed by atoms with E-state index in [9.17, 15) is 4.79 Å². The van der Waals surface area contributed by atoms with Crippen molar-refractivity contribution in [3.8, 4) is 0 Å². The maximum atomic E-state index is 11.5. The molecule has 62 valence electrons. The lowest BCUT2D eigenvalue weighted by Crippen LogP contribution is -2.13. The summed E-state index contributed by atoms with van der Waals surface area (Å²) in [4.78, 5) is 11.5. The minimum absolute atomic E-state index is 0.341. The molecule has 0 saturated carbocycles. The molecule has 0 radical (unpaired) electrons. The van der Waals surface area contributed by atoms with Gasteiger partial charge in [0.15, 0.2) is 5.78 Å². The average molecular weight is 161 g/mol. The van der Waals surface area contributed by atoms with E-state index in [1.54, 1.807) is 0 Å². The van der Waals surface area contributed by atoms with Gasteiger partial charge < -0.3 is 4.57 Å². The molecule has 0 bridgehead atoms. The highest BCUT2D eigenvalue weighted by atomic mass is 16.1. The zero-order chi connectivity index (χ0) is 8.13. The summed E-state index contributed by atoms with van der Waals surface area (Å²) in [6.07, 6.45) is 4.36. The zero-order valence-corrected chi connectivity index (χ0v) is 6.92. The van der Waals surface area contributed by atoms with Crippen molar-refractivity contribution in [3.05, 3.63) is 23.5 Å². The van der Waals surface area contributed by atoms with Gasteiger partial charge in [-0.15, -0.1) is 0 Å². The van der Waals surface area contributed by atoms with Crippen LogP contribution >= 0.6 is 0 Å². The van der Waals surface area contributed by atoms with Gasteiger partial charge in [-0.25, -0.2) is 0 Å². The molecule has 0 saturated heterocycles. The topological polar surface area (TPSA) is 22.0 Å². The van der Waals surface area contributed by atoms with E-state index in [0.717, 1.165) is 18.5 Å². The van der Waals surface area contributed by atoms with Crippen LogP contribution in [-0.2, 0) is 6.42 Å². The zero-order valence-electron chi connectivity index (χ0n) is 6.92. The number of nitrogens with zero attached hydrogens (tertiary/aromatic N) is 1. The number of aryl methyl sites for hydroxylation is 1. The SMILES string of the molecule is O=C1CC2CCCc3ccc1n32. The third-order valence-electron chi connectivity index (χ3n) is 3.04. The van der Waals surface area contributed by atoms with Crippen molar-refractivity contribution in [2.45, 2.75) is 31.7 Å². The van der Waals surface area contributed by atoms with Crippen molar-refractivity contribution in [2.75, 3.05) is 0 Å². The molecular formula is C10H11NO. The van der Waals surface area contributed by atoms with Crippen LogP contribution in [0.1, 0.15) is 41.5 Å². The van der Waals surface area contributed by atoms with Gasteiger partial charge in [0, 0.05) is 18.2 Å². The summed E-state index contributed by atoms with van der Waals surface area (Å²) in [5, 5.41) is 0. The first kappa shape index (κ1) is 6.46. The Kier molecular flexibility index (Phi) is 1.08. The number of carbonyl (C=O) groups excluding carboxylic acids is 1. The van der Waals surface area contributed by atoms with Gasteiger partial charge >= 0.3 is 0 Å². The van der Waals surface area contributed by atoms with Gasteiger partial charge in [-0.05, 0) is 31.4 Å². The quantitative estimate of drug-likeness (QED) is 0.570. The Morgan fingerprint density at radius 2 is 2.33 bits per heavy atom. The number of aromatic nitrogens is 1. The first-order valence-corrected chi connectivity index (χ1v) is 4.59. The molecule has 2 nitrogen and oxygen atoms in total. The van der Waals surface area contributed by atoms with Crippen molar-refractivity contribution in [2.24, 2.45) is 0 Å². The highest BCUT2D eigenvalue weighted by molar-refractivity contribution is 5.97. The maximum absolute atomic E-state index is 11.5. The van der Waals surface area contributed by atoms with E-state index >= 15 is 0 Å². The fourth-order valence-corrected chi connectivity index (χ4v) is 2.51. The van der Waals surface area contributed by atoms with E-state index in [1.807, 2.05) is 6.07 Å². The summed E-state index contributed by atoms with van der Waals surface area (Å²) in [6.45, 7) is 0. The van der Waals surface area contributed by atoms with E-state index < -0.39 is 0 Å². The molecule has 1 unspecified atom stereocenters. The lowest BCUT2D eigenvalue weighted by Gasteiger charge is -2.21. The molecule has 1 aromatic heterocycles. The first-order valence-electron chi connectivity index (χ1n) is 4.59. The van der Waals surface area contributed by atoms with Crippen LogP contribution in [-0.4, -0.2) is 10.4 Å². The van der Waals surface area contributed by atoms with Crippen LogP contribution in [0.4, 0.5) is 0 Å². The molecular weight excluding hydrogens is 150 g/mol. The van der Waals surface area contributed by atoms with Gasteiger partial charge in [0.05, 0.1) is 5.69 Å². The third-order valence-corrected chi connectivity index (χ3v) is 3.04. The van der Waals surface area contributed by atoms with E-state index in [1.165, 1.54) is 18.5 Å². The Balaban J connectivity index is 2.25. The molecule has 12 heavy (non-hydrogen) atoms. The van der Waals surface area contributed by atoms with Crippen LogP contribution in [0.5, 0.6) is 0 Å². The summed E-state index contributed by atoms with van der Waals surface area (Å²) in [6, 6.07) is 4.60. The second-order valence-electron chi connectivity index (χ2n) is 3.75. The minimum Gasteiger partial charge on any atom is -0.339 e. The Morgan fingerprint density at radius 3 is 3.25 bits per heavy atom. The number of hydrogen-bond acceptors (Lipinski definition) is 1. The number of ketones is 1. The van der Waals surface area contributed by atoms with Crippen LogP contribution in [0.2, 0.25) is 0 Å². The molecule has 2 aliphatic rings. The maximum Gasteiger partial charge on any atom is 0.181 e. The van der Waals surface area contributed by atoms with E-state index in [4.69, 9.17) is 0 Å². The average Bonchev–Trinajstić information content (AvgIpc) is 2.60. The normalized spacial score (nSPS) is 26.0. The Morgan fingerprint density at radius 1 is 1.42 bits per heavy atom. The fourth-order valence-electron chi connectivity index (χ4n) is 2.51. The number of hydrogen-bond donors (Lipinski definition) is 0. The van der Waals surface area contributed by atoms with Gasteiger partial charge in [-0.2, -0.15) is 0 Å². The Hall–Kier alpha value is -1.05. The molecule has 3 heterocycles. The van der Waals surface area contributed by atoms with Crippen molar-refractivity contribution in [1.29, 1.82) is 0 Å². The summed E-state index contributed by atoms with van der Waals surface area (Å²) in [7, 11) is 0. The van der Waals surface area contributed by atoms with Crippen LogP contribution in [0.25, 0.3) is 0 Å². The fraction of sp³-hybridized carbons (Fsp3) is 0.500. The van der Waals surface area contributed by atoms with Crippen molar-refractivity contribution < 1.29 is 4.79 Å². The smallest absolute Gasteiger partial charge is 0.181 e. The van der Waals surface area contributed by atoms with Crippen LogP contribution in [0.15, 0.2) is 12.1 Å². The second-order valence-corrected chi connectivity index (χ2v) is 3.75. The van der Waals surface area contributed by atoms with E-state index in [2.05, 4.69) is 10.6 Å². The molecule has 2 heteroatoms. The highest BCUT2D eigenvalue weighted by Crippen LogP contribution is 2.36. The summed E-state index contributed by atoms with van der Waals surface area (Å²) >= 11 is 0. The molecule has 0 spiro atoms. The number of carbonyl (C=O) groups is 1. The van der Waals surface area contributed by atoms with Crippen molar-refractivity contribution in [3.63, 3.8) is 0 Å². The Labute approximate surface area is 71.2 Å². The lowest BCUT2D eigenvalue weighted by atomic mass is 10.0. The molecule has 0 fully saturated rings. The molecule has 2 aliphatic heterocycles.